The molecule has 2 heterocycles. The molecule has 5 nitrogen and oxygen atoms in total. The Labute approximate surface area is 116 Å². The fourth-order valence-electron chi connectivity index (χ4n) is 2.28. The number of nitrogens with zero attached hydrogens (tertiary/aromatic N) is 3. The van der Waals surface area contributed by atoms with Gasteiger partial charge in [0.15, 0.2) is 0 Å². The van der Waals surface area contributed by atoms with Crippen LogP contribution in [0, 0.1) is 0 Å². The molecule has 1 aromatic heterocycles. The summed E-state index contributed by atoms with van der Waals surface area (Å²) in [5, 5.41) is 9.28. The van der Waals surface area contributed by atoms with Crippen molar-refractivity contribution in [3.63, 3.8) is 0 Å². The van der Waals surface area contributed by atoms with Gasteiger partial charge in [0.25, 0.3) is 0 Å². The van der Waals surface area contributed by atoms with Gasteiger partial charge in [-0.1, -0.05) is 30.4 Å². The molecule has 2 N–H and O–H groups in total. The van der Waals surface area contributed by atoms with Gasteiger partial charge in [0.1, 0.15) is 11.1 Å². The van der Waals surface area contributed by atoms with Crippen LogP contribution in [-0.4, -0.2) is 41.0 Å². The molecule has 0 aliphatic carbocycles. The molecule has 3 rings (SSSR count). The van der Waals surface area contributed by atoms with Gasteiger partial charge in [0, 0.05) is 11.9 Å². The number of ether oxygens (including phenoxy) is 1. The van der Waals surface area contributed by atoms with Crippen LogP contribution in [0.15, 0.2) is 30.5 Å². The Balaban J connectivity index is 1.97. The largest absolute Gasteiger partial charge is 0.391 e. The third-order valence-electron chi connectivity index (χ3n) is 3.25. The summed E-state index contributed by atoms with van der Waals surface area (Å²) in [7, 11) is 0. The Morgan fingerprint density at radius 3 is 3.11 bits per heavy atom. The molecule has 0 bridgehead atoms. The second kappa shape index (κ2) is 5.07. The molecule has 0 amide bonds. The van der Waals surface area contributed by atoms with Crippen LogP contribution in [0.3, 0.4) is 0 Å². The second-order valence-electron chi connectivity index (χ2n) is 4.45. The molecule has 1 unspecified atom stereocenters. The SMILES string of the molecule is NC(=S)C1CN(c2cnnc3ccccc23)CCO1. The molecule has 1 aliphatic heterocycles. The van der Waals surface area contributed by atoms with Crippen molar-refractivity contribution in [3.8, 4) is 0 Å². The van der Waals surface area contributed by atoms with E-state index in [2.05, 4.69) is 15.1 Å². The Kier molecular flexibility index (Phi) is 3.27. The molecule has 1 fully saturated rings. The van der Waals surface area contributed by atoms with Crippen molar-refractivity contribution < 1.29 is 4.74 Å². The number of rotatable bonds is 2. The fourth-order valence-corrected chi connectivity index (χ4v) is 2.43. The molecule has 0 radical (unpaired) electrons. The zero-order valence-electron chi connectivity index (χ0n) is 10.3. The van der Waals surface area contributed by atoms with Crippen molar-refractivity contribution in [2.45, 2.75) is 6.10 Å². The number of anilines is 1. The van der Waals surface area contributed by atoms with E-state index in [1.165, 1.54) is 0 Å². The zero-order chi connectivity index (χ0) is 13.2. The summed E-state index contributed by atoms with van der Waals surface area (Å²) < 4.78 is 5.56. The number of hydrogen-bond acceptors (Lipinski definition) is 5. The number of aromatic nitrogens is 2. The highest BCUT2D eigenvalue weighted by Gasteiger charge is 2.24. The summed E-state index contributed by atoms with van der Waals surface area (Å²) in [6.07, 6.45) is 1.58. The van der Waals surface area contributed by atoms with Gasteiger partial charge in [-0.2, -0.15) is 10.2 Å². The summed E-state index contributed by atoms with van der Waals surface area (Å²) >= 11 is 5.01. The normalized spacial score (nSPS) is 19.6. The van der Waals surface area contributed by atoms with Crippen molar-refractivity contribution >= 4 is 33.8 Å². The van der Waals surface area contributed by atoms with Crippen molar-refractivity contribution in [2.75, 3.05) is 24.6 Å². The van der Waals surface area contributed by atoms with Gasteiger partial charge in [0.05, 0.1) is 30.6 Å². The van der Waals surface area contributed by atoms with E-state index in [4.69, 9.17) is 22.7 Å². The van der Waals surface area contributed by atoms with Gasteiger partial charge in [-0.15, -0.1) is 0 Å². The first-order valence-corrected chi connectivity index (χ1v) is 6.53. The van der Waals surface area contributed by atoms with Gasteiger partial charge >= 0.3 is 0 Å². The summed E-state index contributed by atoms with van der Waals surface area (Å²) in [4.78, 5) is 2.60. The van der Waals surface area contributed by atoms with Crippen molar-refractivity contribution in [2.24, 2.45) is 5.73 Å². The molecule has 98 valence electrons. The minimum atomic E-state index is -0.198. The molecule has 1 atom stereocenters. The average molecular weight is 274 g/mol. The molecular weight excluding hydrogens is 260 g/mol. The lowest BCUT2D eigenvalue weighted by Gasteiger charge is -2.34. The van der Waals surface area contributed by atoms with Gasteiger partial charge in [-0.3, -0.25) is 0 Å². The maximum Gasteiger partial charge on any atom is 0.125 e. The highest BCUT2D eigenvalue weighted by molar-refractivity contribution is 7.80. The van der Waals surface area contributed by atoms with Crippen LogP contribution >= 0.6 is 12.2 Å². The molecule has 0 spiro atoms. The van der Waals surface area contributed by atoms with Gasteiger partial charge in [-0.25, -0.2) is 0 Å². The number of thiocarbonyl (C=S) groups is 1. The lowest BCUT2D eigenvalue weighted by molar-refractivity contribution is 0.0848. The predicted octanol–water partition coefficient (Wildman–Crippen LogP) is 1.12. The summed E-state index contributed by atoms with van der Waals surface area (Å²) in [5.41, 5.74) is 7.61. The fraction of sp³-hybridized carbons (Fsp3) is 0.308. The summed E-state index contributed by atoms with van der Waals surface area (Å²) in [6.45, 7) is 2.07. The quantitative estimate of drug-likeness (QED) is 0.828. The zero-order valence-corrected chi connectivity index (χ0v) is 11.1. The standard InChI is InChI=1S/C13H14N4OS/c14-13(19)12-8-17(5-6-18-12)11-7-15-16-10-4-2-1-3-9(10)11/h1-4,7,12H,5-6,8H2,(H2,14,19). The Hall–Kier alpha value is -1.79. The predicted molar refractivity (Wildman–Crippen MR) is 78.3 cm³/mol. The van der Waals surface area contributed by atoms with Crippen LogP contribution < -0.4 is 10.6 Å². The maximum absolute atomic E-state index is 5.67. The minimum Gasteiger partial charge on any atom is -0.391 e. The van der Waals surface area contributed by atoms with Crippen LogP contribution in [-0.2, 0) is 4.74 Å². The first-order valence-electron chi connectivity index (χ1n) is 6.12. The van der Waals surface area contributed by atoms with Crippen LogP contribution in [0.1, 0.15) is 0 Å². The van der Waals surface area contributed by atoms with Crippen molar-refractivity contribution in [1.82, 2.24) is 10.2 Å². The number of hydrogen-bond donors (Lipinski definition) is 1. The van der Waals surface area contributed by atoms with Crippen molar-refractivity contribution in [3.05, 3.63) is 30.5 Å². The van der Waals surface area contributed by atoms with Crippen LogP contribution in [0.4, 0.5) is 5.69 Å². The first-order chi connectivity index (χ1) is 9.25. The van der Waals surface area contributed by atoms with E-state index in [9.17, 15) is 0 Å². The third kappa shape index (κ3) is 2.36. The van der Waals surface area contributed by atoms with E-state index in [1.54, 1.807) is 6.20 Å². The summed E-state index contributed by atoms with van der Waals surface area (Å²) in [6, 6.07) is 7.96. The number of fused-ring (bicyclic) bond motifs is 1. The molecule has 1 saturated heterocycles. The van der Waals surface area contributed by atoms with Crippen LogP contribution in [0.5, 0.6) is 0 Å². The second-order valence-corrected chi connectivity index (χ2v) is 4.93. The molecular formula is C13H14N4OS. The number of morpholine rings is 1. The first kappa shape index (κ1) is 12.3. The third-order valence-corrected chi connectivity index (χ3v) is 3.51. The van der Waals surface area contributed by atoms with Crippen molar-refractivity contribution in [1.29, 1.82) is 0 Å². The molecule has 6 heteroatoms. The number of nitrogens with two attached hydrogens (primary N) is 1. The maximum atomic E-state index is 5.67. The lowest BCUT2D eigenvalue weighted by Crippen LogP contribution is -2.48. The summed E-state index contributed by atoms with van der Waals surface area (Å²) in [5.74, 6) is 0. The van der Waals surface area contributed by atoms with E-state index in [1.807, 2.05) is 24.3 Å². The lowest BCUT2D eigenvalue weighted by atomic mass is 10.1. The smallest absolute Gasteiger partial charge is 0.125 e. The van der Waals surface area contributed by atoms with Crippen LogP contribution in [0.2, 0.25) is 0 Å². The minimum absolute atomic E-state index is 0.198. The number of benzene rings is 1. The Morgan fingerprint density at radius 1 is 1.42 bits per heavy atom. The Bertz CT molecular complexity index is 613. The van der Waals surface area contributed by atoms with Gasteiger partial charge in [-0.05, 0) is 6.07 Å². The van der Waals surface area contributed by atoms with Gasteiger partial charge in [0.2, 0.25) is 0 Å². The highest BCUT2D eigenvalue weighted by Crippen LogP contribution is 2.25. The Morgan fingerprint density at radius 2 is 2.26 bits per heavy atom. The molecule has 2 aromatic rings. The van der Waals surface area contributed by atoms with Gasteiger partial charge < -0.3 is 15.4 Å². The molecule has 0 saturated carbocycles. The van der Waals surface area contributed by atoms with E-state index in [0.717, 1.165) is 23.1 Å². The van der Waals surface area contributed by atoms with E-state index >= 15 is 0 Å². The van der Waals surface area contributed by atoms with E-state index in [0.29, 0.717) is 18.1 Å². The average Bonchev–Trinajstić information content (AvgIpc) is 2.47. The van der Waals surface area contributed by atoms with E-state index in [-0.39, 0.29) is 6.10 Å². The highest BCUT2D eigenvalue weighted by atomic mass is 32.1. The van der Waals surface area contributed by atoms with Crippen LogP contribution in [0.25, 0.3) is 10.9 Å². The molecule has 19 heavy (non-hydrogen) atoms. The topological polar surface area (TPSA) is 64.3 Å². The molecule has 1 aliphatic rings. The van der Waals surface area contributed by atoms with E-state index < -0.39 is 0 Å². The molecule has 1 aromatic carbocycles. The monoisotopic (exact) mass is 274 g/mol.